The molecule has 3 N–H and O–H groups in total. The monoisotopic (exact) mass is 312 g/mol. The summed E-state index contributed by atoms with van der Waals surface area (Å²) >= 11 is 0. The Morgan fingerprint density at radius 3 is 2.52 bits per heavy atom. The van der Waals surface area contributed by atoms with Crippen molar-refractivity contribution in [1.82, 2.24) is 5.32 Å². The van der Waals surface area contributed by atoms with E-state index in [0.29, 0.717) is 24.4 Å². The number of carbonyl (C=O) groups is 1. The van der Waals surface area contributed by atoms with Crippen molar-refractivity contribution < 1.29 is 13.2 Å². The number of carbonyl (C=O) groups excluding carboxylic acids is 1. The molecule has 0 unspecified atom stereocenters. The number of benzene rings is 1. The van der Waals surface area contributed by atoms with Gasteiger partial charge in [0.05, 0.1) is 4.90 Å². The van der Waals surface area contributed by atoms with E-state index in [0.717, 1.165) is 18.4 Å². The molecule has 0 fully saturated rings. The van der Waals surface area contributed by atoms with Crippen LogP contribution in [-0.4, -0.2) is 20.9 Å². The molecule has 0 aliphatic carbocycles. The van der Waals surface area contributed by atoms with Crippen LogP contribution in [0.5, 0.6) is 0 Å². The van der Waals surface area contributed by atoms with Gasteiger partial charge in [0.25, 0.3) is 5.91 Å². The van der Waals surface area contributed by atoms with E-state index in [1.54, 1.807) is 6.07 Å². The molecule has 0 spiro atoms. The highest BCUT2D eigenvalue weighted by Gasteiger charge is 2.15. The van der Waals surface area contributed by atoms with E-state index in [1.807, 2.05) is 6.92 Å². The van der Waals surface area contributed by atoms with E-state index in [1.165, 1.54) is 12.1 Å². The van der Waals surface area contributed by atoms with Crippen LogP contribution in [0.1, 0.15) is 49.5 Å². The summed E-state index contributed by atoms with van der Waals surface area (Å²) in [5.74, 6) is 0.347. The SMILES string of the molecule is CCc1ccc(S(N)(=O)=O)cc1C(=O)NCCCC(C)C. The lowest BCUT2D eigenvalue weighted by Crippen LogP contribution is -2.26. The molecule has 0 bridgehead atoms. The number of primary sulfonamides is 1. The Morgan fingerprint density at radius 2 is 2.00 bits per heavy atom. The summed E-state index contributed by atoms with van der Waals surface area (Å²) in [4.78, 5) is 12.2. The van der Waals surface area contributed by atoms with Crippen LogP contribution in [0, 0.1) is 5.92 Å². The first kappa shape index (κ1) is 17.7. The summed E-state index contributed by atoms with van der Waals surface area (Å²) in [5.41, 5.74) is 1.19. The van der Waals surface area contributed by atoms with Crippen molar-refractivity contribution in [3.63, 3.8) is 0 Å². The lowest BCUT2D eigenvalue weighted by molar-refractivity contribution is 0.0951. The molecule has 5 nitrogen and oxygen atoms in total. The lowest BCUT2D eigenvalue weighted by Gasteiger charge is -2.11. The summed E-state index contributed by atoms with van der Waals surface area (Å²) in [7, 11) is -3.80. The molecular formula is C15H24N2O3S. The van der Waals surface area contributed by atoms with E-state index in [9.17, 15) is 13.2 Å². The molecule has 0 aliphatic heterocycles. The maximum atomic E-state index is 12.2. The minimum Gasteiger partial charge on any atom is -0.352 e. The zero-order valence-corrected chi connectivity index (χ0v) is 13.7. The molecule has 0 heterocycles. The maximum absolute atomic E-state index is 12.2. The summed E-state index contributed by atoms with van der Waals surface area (Å²) in [6, 6.07) is 4.43. The first-order valence-electron chi connectivity index (χ1n) is 7.19. The van der Waals surface area contributed by atoms with Gasteiger partial charge in [-0.3, -0.25) is 4.79 Å². The first-order valence-corrected chi connectivity index (χ1v) is 8.74. The smallest absolute Gasteiger partial charge is 0.251 e. The summed E-state index contributed by atoms with van der Waals surface area (Å²) in [6.45, 7) is 6.76. The molecule has 1 rings (SSSR count). The minimum absolute atomic E-state index is 0.0352. The third-order valence-corrected chi connectivity index (χ3v) is 4.19. The van der Waals surface area contributed by atoms with Gasteiger partial charge in [0.1, 0.15) is 0 Å². The highest BCUT2D eigenvalue weighted by Crippen LogP contribution is 2.16. The van der Waals surface area contributed by atoms with Crippen LogP contribution in [0.25, 0.3) is 0 Å². The highest BCUT2D eigenvalue weighted by molar-refractivity contribution is 7.89. The Bertz CT molecular complexity index is 595. The Balaban J connectivity index is 2.86. The molecule has 0 atom stereocenters. The predicted octanol–water partition coefficient (Wildman–Crippen LogP) is 2.06. The highest BCUT2D eigenvalue weighted by atomic mass is 32.2. The van der Waals surface area contributed by atoms with E-state index < -0.39 is 10.0 Å². The zero-order valence-electron chi connectivity index (χ0n) is 12.8. The quantitative estimate of drug-likeness (QED) is 0.755. The lowest BCUT2D eigenvalue weighted by atomic mass is 10.0. The van der Waals surface area contributed by atoms with Crippen LogP contribution in [0.2, 0.25) is 0 Å². The van der Waals surface area contributed by atoms with Crippen molar-refractivity contribution >= 4 is 15.9 Å². The third kappa shape index (κ3) is 5.47. The van der Waals surface area contributed by atoms with Crippen molar-refractivity contribution in [2.45, 2.75) is 44.9 Å². The number of rotatable bonds is 7. The average Bonchev–Trinajstić information content (AvgIpc) is 2.41. The van der Waals surface area contributed by atoms with Crippen LogP contribution in [0.3, 0.4) is 0 Å². The fraction of sp³-hybridized carbons (Fsp3) is 0.533. The Kier molecular flexibility index (Phi) is 6.36. The topological polar surface area (TPSA) is 89.3 Å². The van der Waals surface area contributed by atoms with Gasteiger partial charge < -0.3 is 5.32 Å². The molecule has 21 heavy (non-hydrogen) atoms. The largest absolute Gasteiger partial charge is 0.352 e. The normalized spacial score (nSPS) is 11.7. The second kappa shape index (κ2) is 7.56. The van der Waals surface area contributed by atoms with Gasteiger partial charge in [0.2, 0.25) is 10.0 Å². The second-order valence-corrected chi connectivity index (χ2v) is 7.07. The second-order valence-electron chi connectivity index (χ2n) is 5.51. The Labute approximate surface area is 127 Å². The molecule has 1 aromatic rings. The van der Waals surface area contributed by atoms with Gasteiger partial charge in [-0.15, -0.1) is 0 Å². The Morgan fingerprint density at radius 1 is 1.33 bits per heavy atom. The van der Waals surface area contributed by atoms with Gasteiger partial charge in [-0.1, -0.05) is 26.8 Å². The zero-order chi connectivity index (χ0) is 16.0. The molecule has 0 saturated heterocycles. The molecule has 0 radical (unpaired) electrons. The Hall–Kier alpha value is -1.40. The fourth-order valence-corrected chi connectivity index (χ4v) is 2.60. The van der Waals surface area contributed by atoms with Crippen molar-refractivity contribution in [2.75, 3.05) is 6.54 Å². The van der Waals surface area contributed by atoms with E-state index in [-0.39, 0.29) is 10.8 Å². The van der Waals surface area contributed by atoms with Gasteiger partial charge in [0.15, 0.2) is 0 Å². The van der Waals surface area contributed by atoms with Gasteiger partial charge in [-0.05, 0) is 42.9 Å². The number of nitrogens with two attached hydrogens (primary N) is 1. The van der Waals surface area contributed by atoms with Crippen LogP contribution < -0.4 is 10.5 Å². The van der Waals surface area contributed by atoms with Gasteiger partial charge in [-0.2, -0.15) is 0 Å². The number of hydrogen-bond donors (Lipinski definition) is 2. The van der Waals surface area contributed by atoms with Gasteiger partial charge in [0, 0.05) is 12.1 Å². The number of amides is 1. The van der Waals surface area contributed by atoms with Crippen LogP contribution >= 0.6 is 0 Å². The van der Waals surface area contributed by atoms with E-state index >= 15 is 0 Å². The molecular weight excluding hydrogens is 288 g/mol. The van der Waals surface area contributed by atoms with E-state index in [4.69, 9.17) is 5.14 Å². The minimum atomic E-state index is -3.80. The molecule has 0 aliphatic rings. The first-order chi connectivity index (χ1) is 9.75. The van der Waals surface area contributed by atoms with Crippen molar-refractivity contribution in [1.29, 1.82) is 0 Å². The number of nitrogens with one attached hydrogen (secondary N) is 1. The molecule has 118 valence electrons. The van der Waals surface area contributed by atoms with Gasteiger partial charge in [-0.25, -0.2) is 13.6 Å². The van der Waals surface area contributed by atoms with Crippen molar-refractivity contribution in [2.24, 2.45) is 11.1 Å². The average molecular weight is 312 g/mol. The number of sulfonamides is 1. The van der Waals surface area contributed by atoms with Gasteiger partial charge >= 0.3 is 0 Å². The summed E-state index contributed by atoms with van der Waals surface area (Å²) in [5, 5.41) is 7.95. The van der Waals surface area contributed by atoms with E-state index in [2.05, 4.69) is 19.2 Å². The number of hydrogen-bond acceptors (Lipinski definition) is 3. The maximum Gasteiger partial charge on any atom is 0.251 e. The van der Waals surface area contributed by atoms with Crippen LogP contribution in [0.4, 0.5) is 0 Å². The molecule has 6 heteroatoms. The van der Waals surface area contributed by atoms with Crippen molar-refractivity contribution in [3.8, 4) is 0 Å². The van der Waals surface area contributed by atoms with Crippen LogP contribution in [-0.2, 0) is 16.4 Å². The standard InChI is InChI=1S/C15H24N2O3S/c1-4-12-7-8-13(21(16,19)20)10-14(12)15(18)17-9-5-6-11(2)3/h7-8,10-11H,4-6,9H2,1-3H3,(H,17,18)(H2,16,19,20). The summed E-state index contributed by atoms with van der Waals surface area (Å²) in [6.07, 6.45) is 2.59. The third-order valence-electron chi connectivity index (χ3n) is 3.28. The van der Waals surface area contributed by atoms with Crippen molar-refractivity contribution in [3.05, 3.63) is 29.3 Å². The fourth-order valence-electron chi connectivity index (χ4n) is 2.06. The van der Waals surface area contributed by atoms with Crippen LogP contribution in [0.15, 0.2) is 23.1 Å². The molecule has 1 amide bonds. The molecule has 0 aromatic heterocycles. The predicted molar refractivity (Wildman–Crippen MR) is 83.6 cm³/mol. The summed E-state index contributed by atoms with van der Waals surface area (Å²) < 4.78 is 22.8. The number of aryl methyl sites for hydroxylation is 1. The molecule has 1 aromatic carbocycles. The molecule has 0 saturated carbocycles.